The lowest BCUT2D eigenvalue weighted by Gasteiger charge is -2.08. The first kappa shape index (κ1) is 15.7. The number of nitrogens with zero attached hydrogens (tertiary/aromatic N) is 2. The fourth-order valence-electron chi connectivity index (χ4n) is 1.74. The first-order valence-electron chi connectivity index (χ1n) is 6.73. The maximum absolute atomic E-state index is 5.41. The number of hydrogen-bond donors (Lipinski definition) is 1. The van der Waals surface area contributed by atoms with Gasteiger partial charge in [0.25, 0.3) is 0 Å². The van der Waals surface area contributed by atoms with Gasteiger partial charge in [0.05, 0.1) is 18.9 Å². The van der Waals surface area contributed by atoms with Crippen LogP contribution in [0.5, 0.6) is 0 Å². The maximum atomic E-state index is 5.41. The van der Waals surface area contributed by atoms with Gasteiger partial charge >= 0.3 is 0 Å². The summed E-state index contributed by atoms with van der Waals surface area (Å²) < 4.78 is 12.4. The van der Waals surface area contributed by atoms with E-state index in [1.54, 1.807) is 7.11 Å². The van der Waals surface area contributed by atoms with Gasteiger partial charge in [-0.15, -0.1) is 6.58 Å². The molecule has 1 rings (SSSR count). The third-order valence-electron chi connectivity index (χ3n) is 2.65. The zero-order chi connectivity index (χ0) is 13.9. The Labute approximate surface area is 115 Å². The molecule has 0 aromatic carbocycles. The zero-order valence-corrected chi connectivity index (χ0v) is 12.0. The van der Waals surface area contributed by atoms with Crippen molar-refractivity contribution in [3.8, 4) is 0 Å². The minimum atomic E-state index is 0.663. The van der Waals surface area contributed by atoms with Crippen LogP contribution < -0.4 is 5.32 Å². The topological polar surface area (TPSA) is 48.3 Å². The molecule has 0 aliphatic rings. The van der Waals surface area contributed by atoms with Crippen LogP contribution in [-0.2, 0) is 16.0 Å². The maximum Gasteiger partial charge on any atom is 0.203 e. The minimum absolute atomic E-state index is 0.663. The van der Waals surface area contributed by atoms with Crippen molar-refractivity contribution in [3.05, 3.63) is 24.5 Å². The zero-order valence-electron chi connectivity index (χ0n) is 12.0. The number of ether oxygens (including phenoxy) is 2. The summed E-state index contributed by atoms with van der Waals surface area (Å²) in [5.74, 6) is 0.915. The molecule has 0 amide bonds. The van der Waals surface area contributed by atoms with Crippen LogP contribution in [-0.4, -0.2) is 43.0 Å². The van der Waals surface area contributed by atoms with E-state index >= 15 is 0 Å². The van der Waals surface area contributed by atoms with E-state index in [2.05, 4.69) is 21.4 Å². The van der Waals surface area contributed by atoms with E-state index in [-0.39, 0.29) is 0 Å². The number of nitrogens with one attached hydrogen (secondary N) is 1. The Balaban J connectivity index is 2.13. The van der Waals surface area contributed by atoms with Gasteiger partial charge in [0.2, 0.25) is 5.95 Å². The van der Waals surface area contributed by atoms with Gasteiger partial charge in [0.15, 0.2) is 0 Å². The molecule has 1 aromatic rings. The van der Waals surface area contributed by atoms with Crippen molar-refractivity contribution in [2.45, 2.75) is 26.3 Å². The average molecular weight is 267 g/mol. The van der Waals surface area contributed by atoms with Gasteiger partial charge in [-0.3, -0.25) is 0 Å². The number of methoxy groups -OCH3 is 1. The van der Waals surface area contributed by atoms with E-state index in [1.807, 2.05) is 19.2 Å². The Morgan fingerprint density at radius 2 is 2.21 bits per heavy atom. The number of aromatic nitrogens is 2. The van der Waals surface area contributed by atoms with Gasteiger partial charge < -0.3 is 19.4 Å². The molecule has 0 fully saturated rings. The second kappa shape index (κ2) is 9.58. The van der Waals surface area contributed by atoms with Crippen LogP contribution in [0.25, 0.3) is 0 Å². The quantitative estimate of drug-likeness (QED) is 0.493. The third-order valence-corrected chi connectivity index (χ3v) is 2.65. The molecule has 0 atom stereocenters. The van der Waals surface area contributed by atoms with Crippen molar-refractivity contribution in [2.24, 2.45) is 0 Å². The lowest BCUT2D eigenvalue weighted by Crippen LogP contribution is -2.09. The monoisotopic (exact) mass is 267 g/mol. The van der Waals surface area contributed by atoms with Crippen LogP contribution in [0.1, 0.15) is 18.5 Å². The molecule has 1 N–H and O–H groups in total. The summed E-state index contributed by atoms with van der Waals surface area (Å²) in [5.41, 5.74) is 1.02. The van der Waals surface area contributed by atoms with E-state index in [1.165, 1.54) is 0 Å². The molecule has 0 aliphatic heterocycles. The van der Waals surface area contributed by atoms with Crippen molar-refractivity contribution < 1.29 is 9.47 Å². The lowest BCUT2D eigenvalue weighted by molar-refractivity contribution is 0.0691. The summed E-state index contributed by atoms with van der Waals surface area (Å²) in [6.45, 7) is 9.55. The Bertz CT molecular complexity index is 364. The standard InChI is InChI=1S/C14H25N3O2/c1-4-8-17-12-13(2)16-14(17)15-7-5-6-9-19-11-10-18-3/h4,12H,1,5-11H2,2-3H3,(H,15,16). The summed E-state index contributed by atoms with van der Waals surface area (Å²) in [5, 5.41) is 3.34. The number of imidazole rings is 1. The van der Waals surface area contributed by atoms with Crippen LogP contribution in [0.15, 0.2) is 18.9 Å². The molecule has 1 aromatic heterocycles. The van der Waals surface area contributed by atoms with E-state index in [0.29, 0.717) is 13.2 Å². The number of hydrogen-bond acceptors (Lipinski definition) is 4. The fourth-order valence-corrected chi connectivity index (χ4v) is 1.74. The first-order chi connectivity index (χ1) is 9.27. The van der Waals surface area contributed by atoms with E-state index in [4.69, 9.17) is 9.47 Å². The minimum Gasteiger partial charge on any atom is -0.382 e. The van der Waals surface area contributed by atoms with Crippen LogP contribution in [0.4, 0.5) is 5.95 Å². The Morgan fingerprint density at radius 1 is 1.37 bits per heavy atom. The van der Waals surface area contributed by atoms with Crippen LogP contribution in [0.3, 0.4) is 0 Å². The van der Waals surface area contributed by atoms with Gasteiger partial charge in [-0.05, 0) is 19.8 Å². The number of anilines is 1. The van der Waals surface area contributed by atoms with Crippen molar-refractivity contribution in [1.82, 2.24) is 9.55 Å². The van der Waals surface area contributed by atoms with Crippen molar-refractivity contribution in [3.63, 3.8) is 0 Å². The van der Waals surface area contributed by atoms with Crippen LogP contribution in [0.2, 0.25) is 0 Å². The largest absolute Gasteiger partial charge is 0.382 e. The first-order valence-corrected chi connectivity index (χ1v) is 6.73. The van der Waals surface area contributed by atoms with Crippen molar-refractivity contribution in [1.29, 1.82) is 0 Å². The summed E-state index contributed by atoms with van der Waals surface area (Å²) >= 11 is 0. The van der Waals surface area contributed by atoms with Gasteiger partial charge in [-0.1, -0.05) is 6.08 Å². The van der Waals surface area contributed by atoms with Crippen LogP contribution in [0, 0.1) is 6.92 Å². The normalized spacial score (nSPS) is 10.6. The second-order valence-electron chi connectivity index (χ2n) is 4.39. The molecule has 0 saturated carbocycles. The Hall–Kier alpha value is -1.33. The Morgan fingerprint density at radius 3 is 2.95 bits per heavy atom. The van der Waals surface area contributed by atoms with E-state index < -0.39 is 0 Å². The fraction of sp³-hybridized carbons (Fsp3) is 0.643. The summed E-state index contributed by atoms with van der Waals surface area (Å²) in [6.07, 6.45) is 6.00. The molecule has 0 unspecified atom stereocenters. The molecule has 19 heavy (non-hydrogen) atoms. The van der Waals surface area contributed by atoms with Crippen molar-refractivity contribution >= 4 is 5.95 Å². The number of aryl methyl sites for hydroxylation is 1. The highest BCUT2D eigenvalue weighted by Crippen LogP contribution is 2.08. The molecule has 1 heterocycles. The second-order valence-corrected chi connectivity index (χ2v) is 4.39. The molecular formula is C14H25N3O2. The average Bonchev–Trinajstić information content (AvgIpc) is 2.73. The SMILES string of the molecule is C=CCn1cc(C)nc1NCCCCOCCOC. The van der Waals surface area contributed by atoms with Gasteiger partial charge in [0.1, 0.15) is 0 Å². The number of rotatable bonds is 11. The summed E-state index contributed by atoms with van der Waals surface area (Å²) in [6, 6.07) is 0. The van der Waals surface area contributed by atoms with Gasteiger partial charge in [0, 0.05) is 33.0 Å². The number of allylic oxidation sites excluding steroid dienone is 1. The third kappa shape index (κ3) is 6.40. The summed E-state index contributed by atoms with van der Waals surface area (Å²) in [4.78, 5) is 4.44. The van der Waals surface area contributed by atoms with E-state index in [0.717, 1.165) is 44.2 Å². The highest BCUT2D eigenvalue weighted by molar-refractivity contribution is 5.28. The molecule has 0 bridgehead atoms. The lowest BCUT2D eigenvalue weighted by atomic mass is 10.3. The highest BCUT2D eigenvalue weighted by Gasteiger charge is 2.02. The number of unbranched alkanes of at least 4 members (excludes halogenated alkanes) is 1. The molecule has 0 aliphatic carbocycles. The Kier molecular flexibility index (Phi) is 7.93. The smallest absolute Gasteiger partial charge is 0.203 e. The van der Waals surface area contributed by atoms with E-state index in [9.17, 15) is 0 Å². The van der Waals surface area contributed by atoms with Gasteiger partial charge in [-0.2, -0.15) is 0 Å². The molecule has 108 valence electrons. The van der Waals surface area contributed by atoms with Crippen LogP contribution >= 0.6 is 0 Å². The molecule has 5 nitrogen and oxygen atoms in total. The molecule has 0 spiro atoms. The highest BCUT2D eigenvalue weighted by atomic mass is 16.5. The van der Waals surface area contributed by atoms with Crippen molar-refractivity contribution in [2.75, 3.05) is 38.8 Å². The molecule has 0 saturated heterocycles. The molecular weight excluding hydrogens is 242 g/mol. The molecule has 5 heteroatoms. The predicted octanol–water partition coefficient (Wildman–Crippen LogP) is 2.23. The predicted molar refractivity (Wildman–Crippen MR) is 77.6 cm³/mol. The van der Waals surface area contributed by atoms with Gasteiger partial charge in [-0.25, -0.2) is 4.98 Å². The summed E-state index contributed by atoms with van der Waals surface area (Å²) in [7, 11) is 1.68. The molecule has 0 radical (unpaired) electrons.